The molecule has 3 rings (SSSR count). The van der Waals surface area contributed by atoms with Gasteiger partial charge in [-0.3, -0.25) is 4.79 Å². The number of halogens is 1. The molecule has 1 amide bonds. The molecule has 0 aromatic heterocycles. The first-order valence-corrected chi connectivity index (χ1v) is 13.9. The van der Waals surface area contributed by atoms with E-state index in [0.29, 0.717) is 12.2 Å². The number of hydrogen-bond acceptors (Lipinski definition) is 7. The zero-order valence-corrected chi connectivity index (χ0v) is 22.6. The van der Waals surface area contributed by atoms with Gasteiger partial charge in [-0.2, -0.15) is 4.31 Å². The maximum absolute atomic E-state index is 13.1. The van der Waals surface area contributed by atoms with Gasteiger partial charge in [0.15, 0.2) is 5.76 Å². The van der Waals surface area contributed by atoms with Gasteiger partial charge in [0, 0.05) is 26.1 Å². The number of carbonyl (C=O) groups is 1. The lowest BCUT2D eigenvalue weighted by atomic mass is 9.90. The fourth-order valence-corrected chi connectivity index (χ4v) is 5.34. The highest BCUT2D eigenvalue weighted by Gasteiger charge is 2.30. The van der Waals surface area contributed by atoms with Crippen molar-refractivity contribution in [3.8, 4) is 5.75 Å². The molecule has 2 N–H and O–H groups in total. The zero-order chi connectivity index (χ0) is 27.7. The fraction of sp³-hybridized carbons (Fsp3) is 0.444. The predicted octanol–water partition coefficient (Wildman–Crippen LogP) is 3.05. The molecule has 0 spiro atoms. The number of ether oxygens (including phenoxy) is 3. The summed E-state index contributed by atoms with van der Waals surface area (Å²) in [5, 5.41) is 12.2. The Morgan fingerprint density at radius 2 is 1.84 bits per heavy atom. The highest BCUT2D eigenvalue weighted by molar-refractivity contribution is 7.89. The number of aliphatic hydroxyl groups excluding tert-OH is 1. The van der Waals surface area contributed by atoms with Crippen molar-refractivity contribution < 1.29 is 36.9 Å². The van der Waals surface area contributed by atoms with E-state index in [1.165, 1.54) is 31.4 Å². The first-order chi connectivity index (χ1) is 18.1. The minimum Gasteiger partial charge on any atom is -0.497 e. The Morgan fingerprint density at radius 1 is 1.16 bits per heavy atom. The third-order valence-corrected chi connectivity index (χ3v) is 8.14. The summed E-state index contributed by atoms with van der Waals surface area (Å²) < 4.78 is 57.2. The molecule has 2 atom stereocenters. The van der Waals surface area contributed by atoms with Crippen LogP contribution in [0.2, 0.25) is 0 Å². The first-order valence-electron chi connectivity index (χ1n) is 12.4. The van der Waals surface area contributed by atoms with Crippen LogP contribution in [-0.4, -0.2) is 63.4 Å². The summed E-state index contributed by atoms with van der Waals surface area (Å²) in [6.07, 6.45) is 1.52. The zero-order valence-electron chi connectivity index (χ0n) is 21.8. The van der Waals surface area contributed by atoms with Gasteiger partial charge in [-0.25, -0.2) is 12.8 Å². The van der Waals surface area contributed by atoms with Crippen molar-refractivity contribution in [3.05, 3.63) is 71.7 Å². The maximum Gasteiger partial charge on any atom is 0.286 e. The lowest BCUT2D eigenvalue weighted by molar-refractivity contribution is -0.150. The molecule has 0 fully saturated rings. The molecule has 11 heteroatoms. The van der Waals surface area contributed by atoms with E-state index in [2.05, 4.69) is 5.32 Å². The number of methoxy groups -OCH3 is 1. The number of benzene rings is 2. The molecule has 1 aliphatic rings. The van der Waals surface area contributed by atoms with E-state index < -0.39 is 22.2 Å². The molecular weight excluding hydrogens is 515 g/mol. The van der Waals surface area contributed by atoms with Gasteiger partial charge in [0.1, 0.15) is 11.6 Å². The molecule has 0 bridgehead atoms. The van der Waals surface area contributed by atoms with Gasteiger partial charge in [0.25, 0.3) is 5.91 Å². The summed E-state index contributed by atoms with van der Waals surface area (Å²) in [4.78, 5) is 12.9. The molecule has 0 radical (unpaired) electrons. The van der Waals surface area contributed by atoms with Gasteiger partial charge in [-0.05, 0) is 59.9 Å². The van der Waals surface area contributed by atoms with Crippen LogP contribution in [0.15, 0.2) is 65.3 Å². The van der Waals surface area contributed by atoms with Crippen LogP contribution in [0.3, 0.4) is 0 Å². The number of rotatable bonds is 13. The van der Waals surface area contributed by atoms with Crippen molar-refractivity contribution in [3.63, 3.8) is 0 Å². The molecular formula is C27H35FN2O7S. The van der Waals surface area contributed by atoms with Crippen LogP contribution in [0.25, 0.3) is 0 Å². The van der Waals surface area contributed by atoms with E-state index in [-0.39, 0.29) is 61.2 Å². The largest absolute Gasteiger partial charge is 0.497 e. The molecule has 2 aromatic rings. The van der Waals surface area contributed by atoms with E-state index in [4.69, 9.17) is 14.2 Å². The average Bonchev–Trinajstić information content (AvgIpc) is 2.91. The van der Waals surface area contributed by atoms with E-state index in [1.807, 2.05) is 13.8 Å². The van der Waals surface area contributed by atoms with Crippen LogP contribution in [0, 0.1) is 17.7 Å². The number of aliphatic hydroxyl groups is 1. The summed E-state index contributed by atoms with van der Waals surface area (Å²) in [5.41, 5.74) is 0.742. The van der Waals surface area contributed by atoms with Crippen LogP contribution in [0.1, 0.15) is 25.8 Å². The normalized spacial score (nSPS) is 17.7. The van der Waals surface area contributed by atoms with Gasteiger partial charge in [0.2, 0.25) is 16.3 Å². The Bertz CT molecular complexity index is 1180. The lowest BCUT2D eigenvalue weighted by Gasteiger charge is -2.31. The second-order valence-corrected chi connectivity index (χ2v) is 11.1. The summed E-state index contributed by atoms with van der Waals surface area (Å²) in [7, 11) is -2.39. The number of hydrogen-bond donors (Lipinski definition) is 2. The van der Waals surface area contributed by atoms with Gasteiger partial charge >= 0.3 is 0 Å². The smallest absolute Gasteiger partial charge is 0.286 e. The van der Waals surface area contributed by atoms with E-state index in [9.17, 15) is 22.7 Å². The predicted molar refractivity (Wildman–Crippen MR) is 139 cm³/mol. The average molecular weight is 551 g/mol. The monoisotopic (exact) mass is 550 g/mol. The van der Waals surface area contributed by atoms with E-state index in [1.54, 1.807) is 30.3 Å². The molecule has 2 aromatic carbocycles. The molecule has 0 aliphatic carbocycles. The molecule has 1 aliphatic heterocycles. The van der Waals surface area contributed by atoms with E-state index >= 15 is 0 Å². The van der Waals surface area contributed by atoms with Crippen molar-refractivity contribution >= 4 is 15.9 Å². The van der Waals surface area contributed by atoms with Crippen molar-refractivity contribution in [1.29, 1.82) is 0 Å². The summed E-state index contributed by atoms with van der Waals surface area (Å²) in [6, 6.07) is 11.8. The topological polar surface area (TPSA) is 114 Å². The van der Waals surface area contributed by atoms with Gasteiger partial charge in [0.05, 0.1) is 25.2 Å². The van der Waals surface area contributed by atoms with Crippen LogP contribution in [-0.2, 0) is 30.8 Å². The molecule has 0 saturated heterocycles. The highest BCUT2D eigenvalue weighted by Crippen LogP contribution is 2.29. The van der Waals surface area contributed by atoms with Crippen LogP contribution in [0.5, 0.6) is 5.75 Å². The number of nitrogens with one attached hydrogen (secondary N) is 1. The number of allylic oxidation sites excluding steroid dienone is 1. The third kappa shape index (κ3) is 8.00. The number of carbonyl (C=O) groups excluding carboxylic acids is 1. The quantitative estimate of drug-likeness (QED) is 0.394. The van der Waals surface area contributed by atoms with Gasteiger partial charge < -0.3 is 24.6 Å². The first kappa shape index (κ1) is 29.6. The van der Waals surface area contributed by atoms with Crippen LogP contribution in [0.4, 0.5) is 4.39 Å². The minimum absolute atomic E-state index is 0.00462. The third-order valence-electron chi connectivity index (χ3n) is 6.23. The molecule has 208 valence electrons. The Labute approximate surface area is 223 Å². The number of nitrogens with zero attached hydrogens (tertiary/aromatic N) is 1. The molecule has 38 heavy (non-hydrogen) atoms. The Hall–Kier alpha value is -2.99. The van der Waals surface area contributed by atoms with Crippen molar-refractivity contribution in [1.82, 2.24) is 9.62 Å². The van der Waals surface area contributed by atoms with Crippen molar-refractivity contribution in [2.24, 2.45) is 11.8 Å². The SMILES string of the molecule is COc1ccc(S(=O)(=O)N(CCO)CCO[C@H]2C[C@@H](C(C)C)C=C(C(=O)NCc3ccc(F)cc3)O2)cc1. The van der Waals surface area contributed by atoms with Gasteiger partial charge in [-0.15, -0.1) is 0 Å². The van der Waals surface area contributed by atoms with Crippen LogP contribution >= 0.6 is 0 Å². The fourth-order valence-electron chi connectivity index (χ4n) is 3.93. The van der Waals surface area contributed by atoms with E-state index in [0.717, 1.165) is 9.87 Å². The standard InChI is InChI=1S/C27H35FN2O7S/c1-19(2)21-16-25(27(32)29-18-20-4-6-22(28)7-5-20)37-26(17-21)36-15-13-30(12-14-31)38(33,34)24-10-8-23(35-3)9-11-24/h4-11,16,19,21,26,31H,12-15,17-18H2,1-3H3,(H,29,32)/t21-,26+/m0/s1. The minimum atomic E-state index is -3.88. The van der Waals surface area contributed by atoms with Crippen LogP contribution < -0.4 is 10.1 Å². The maximum atomic E-state index is 13.1. The Morgan fingerprint density at radius 3 is 2.45 bits per heavy atom. The van der Waals surface area contributed by atoms with Crippen molar-refractivity contribution in [2.45, 2.75) is 38.0 Å². The molecule has 1 heterocycles. The Kier molecular flexibility index (Phi) is 10.7. The highest BCUT2D eigenvalue weighted by atomic mass is 32.2. The lowest BCUT2D eigenvalue weighted by Crippen LogP contribution is -2.38. The summed E-state index contributed by atoms with van der Waals surface area (Å²) in [5.74, 6) is 0.105. The number of amides is 1. The summed E-state index contributed by atoms with van der Waals surface area (Å²) >= 11 is 0. The van der Waals surface area contributed by atoms with Gasteiger partial charge in [-0.1, -0.05) is 26.0 Å². The Balaban J connectivity index is 1.61. The second kappa shape index (κ2) is 13.7. The van der Waals surface area contributed by atoms with Crippen molar-refractivity contribution in [2.75, 3.05) is 33.4 Å². The number of sulfonamides is 1. The molecule has 0 saturated carbocycles. The summed E-state index contributed by atoms with van der Waals surface area (Å²) in [6.45, 7) is 3.79. The molecule has 0 unspecified atom stereocenters. The molecule has 9 nitrogen and oxygen atoms in total. The second-order valence-electron chi connectivity index (χ2n) is 9.21.